The smallest absolute Gasteiger partial charge is 0.246 e. The van der Waals surface area contributed by atoms with Crippen LogP contribution in [0.5, 0.6) is 0 Å². The molecule has 0 radical (unpaired) electrons. The highest BCUT2D eigenvalue weighted by Crippen LogP contribution is 2.44. The summed E-state index contributed by atoms with van der Waals surface area (Å²) >= 11 is 0. The summed E-state index contributed by atoms with van der Waals surface area (Å²) in [6.07, 6.45) is 4.09. The van der Waals surface area contributed by atoms with Crippen molar-refractivity contribution in [3.8, 4) is 0 Å². The minimum atomic E-state index is -3.54. The summed E-state index contributed by atoms with van der Waals surface area (Å²) in [5.74, 6) is 0.111. The molecule has 8 heteroatoms. The molecule has 0 aliphatic carbocycles. The molecule has 3 heterocycles. The van der Waals surface area contributed by atoms with Gasteiger partial charge in [-0.05, 0) is 31.9 Å². The standard InChI is InChI=1S/C18H22N4O3S/c1-2-20-13-16(12-19-20)26(24,25)21-10-8-18(9-11-21)14-22(17(18)23)15-6-4-3-5-7-15/h3-7,12-13H,2,8-11,14H2,1H3. The number of carbonyl (C=O) groups is 1. The number of aryl methyl sites for hydroxylation is 1. The van der Waals surface area contributed by atoms with E-state index in [2.05, 4.69) is 5.10 Å². The molecule has 0 saturated carbocycles. The second kappa shape index (κ2) is 6.21. The normalized spacial score (nSPS) is 20.3. The zero-order valence-corrected chi connectivity index (χ0v) is 15.5. The fourth-order valence-corrected chi connectivity index (χ4v) is 5.18. The molecule has 1 spiro atoms. The third kappa shape index (κ3) is 2.64. The third-order valence-corrected chi connectivity index (χ3v) is 7.33. The molecule has 138 valence electrons. The van der Waals surface area contributed by atoms with Gasteiger partial charge in [0.25, 0.3) is 0 Å². The summed E-state index contributed by atoms with van der Waals surface area (Å²) in [6, 6.07) is 9.61. The van der Waals surface area contributed by atoms with Crippen LogP contribution in [0.3, 0.4) is 0 Å². The molecular weight excluding hydrogens is 352 g/mol. The fourth-order valence-electron chi connectivity index (χ4n) is 3.78. The number of anilines is 1. The number of nitrogens with zero attached hydrogens (tertiary/aromatic N) is 4. The van der Waals surface area contributed by atoms with Gasteiger partial charge in [-0.15, -0.1) is 0 Å². The molecule has 2 fully saturated rings. The van der Waals surface area contributed by atoms with Gasteiger partial charge < -0.3 is 4.90 Å². The Bertz CT molecular complexity index is 915. The maximum absolute atomic E-state index is 12.8. The number of rotatable bonds is 4. The Morgan fingerprint density at radius 2 is 1.85 bits per heavy atom. The Labute approximate surface area is 153 Å². The second-order valence-corrected chi connectivity index (χ2v) is 8.88. The van der Waals surface area contributed by atoms with Gasteiger partial charge in [-0.25, -0.2) is 8.42 Å². The highest BCUT2D eigenvalue weighted by atomic mass is 32.2. The van der Waals surface area contributed by atoms with Gasteiger partial charge >= 0.3 is 0 Å². The fraction of sp³-hybridized carbons (Fsp3) is 0.444. The number of piperidine rings is 1. The van der Waals surface area contributed by atoms with Crippen LogP contribution in [0, 0.1) is 5.41 Å². The van der Waals surface area contributed by atoms with Gasteiger partial charge in [0.05, 0.1) is 11.6 Å². The van der Waals surface area contributed by atoms with Crippen molar-refractivity contribution in [2.75, 3.05) is 24.5 Å². The second-order valence-electron chi connectivity index (χ2n) is 6.94. The van der Waals surface area contributed by atoms with E-state index in [1.165, 1.54) is 10.5 Å². The van der Waals surface area contributed by atoms with Gasteiger partial charge in [-0.3, -0.25) is 9.48 Å². The molecule has 7 nitrogen and oxygen atoms in total. The molecule has 0 atom stereocenters. The number of sulfonamides is 1. The molecule has 26 heavy (non-hydrogen) atoms. The van der Waals surface area contributed by atoms with E-state index in [1.54, 1.807) is 15.8 Å². The van der Waals surface area contributed by atoms with E-state index in [0.717, 1.165) is 5.69 Å². The molecule has 4 rings (SSSR count). The zero-order chi connectivity index (χ0) is 18.4. The van der Waals surface area contributed by atoms with Gasteiger partial charge in [0, 0.05) is 38.1 Å². The number of β-lactam (4-membered cyclic amide) rings is 1. The third-order valence-electron chi connectivity index (χ3n) is 5.48. The predicted molar refractivity (Wildman–Crippen MR) is 97.1 cm³/mol. The predicted octanol–water partition coefficient (Wildman–Crippen LogP) is 1.72. The number of aromatic nitrogens is 2. The lowest BCUT2D eigenvalue weighted by molar-refractivity contribution is -0.137. The van der Waals surface area contributed by atoms with E-state index in [9.17, 15) is 13.2 Å². The molecule has 1 aromatic heterocycles. The first kappa shape index (κ1) is 17.2. The van der Waals surface area contributed by atoms with Crippen molar-refractivity contribution >= 4 is 21.6 Å². The van der Waals surface area contributed by atoms with Crippen molar-refractivity contribution < 1.29 is 13.2 Å². The van der Waals surface area contributed by atoms with Crippen LogP contribution >= 0.6 is 0 Å². The molecule has 1 amide bonds. The van der Waals surface area contributed by atoms with E-state index in [0.29, 0.717) is 39.0 Å². The highest BCUT2D eigenvalue weighted by molar-refractivity contribution is 7.89. The number of hydrogen-bond donors (Lipinski definition) is 0. The summed E-state index contributed by atoms with van der Waals surface area (Å²) in [5.41, 5.74) is 0.500. The van der Waals surface area contributed by atoms with E-state index >= 15 is 0 Å². The lowest BCUT2D eigenvalue weighted by atomic mass is 9.71. The van der Waals surface area contributed by atoms with E-state index in [4.69, 9.17) is 0 Å². The molecule has 1 aromatic carbocycles. The van der Waals surface area contributed by atoms with Crippen molar-refractivity contribution in [2.24, 2.45) is 5.41 Å². The summed E-state index contributed by atoms with van der Waals surface area (Å²) < 4.78 is 28.6. The molecule has 2 aliphatic heterocycles. The van der Waals surface area contributed by atoms with Crippen LogP contribution in [0.4, 0.5) is 5.69 Å². The summed E-state index contributed by atoms with van der Waals surface area (Å²) in [5, 5.41) is 4.06. The summed E-state index contributed by atoms with van der Waals surface area (Å²) in [6.45, 7) is 3.94. The summed E-state index contributed by atoms with van der Waals surface area (Å²) in [7, 11) is -3.54. The van der Waals surface area contributed by atoms with Gasteiger partial charge in [-0.2, -0.15) is 9.40 Å². The van der Waals surface area contributed by atoms with E-state index in [-0.39, 0.29) is 10.8 Å². The highest BCUT2D eigenvalue weighted by Gasteiger charge is 2.54. The lowest BCUT2D eigenvalue weighted by Gasteiger charge is -2.52. The number of hydrogen-bond acceptors (Lipinski definition) is 4. The molecule has 0 N–H and O–H groups in total. The molecule has 0 unspecified atom stereocenters. The zero-order valence-electron chi connectivity index (χ0n) is 14.7. The Morgan fingerprint density at radius 1 is 1.15 bits per heavy atom. The number of benzene rings is 1. The molecule has 0 bridgehead atoms. The van der Waals surface area contributed by atoms with Crippen LogP contribution in [0.1, 0.15) is 19.8 Å². The van der Waals surface area contributed by atoms with Crippen LogP contribution in [0.15, 0.2) is 47.6 Å². The number of carbonyl (C=O) groups excluding carboxylic acids is 1. The Hall–Kier alpha value is -2.19. The lowest BCUT2D eigenvalue weighted by Crippen LogP contribution is -2.65. The SMILES string of the molecule is CCn1cc(S(=O)(=O)N2CCC3(CC2)CN(c2ccccc2)C3=O)cn1. The van der Waals surface area contributed by atoms with Crippen molar-refractivity contribution in [3.05, 3.63) is 42.7 Å². The average molecular weight is 374 g/mol. The minimum absolute atomic E-state index is 0.111. The Kier molecular flexibility index (Phi) is 4.11. The first-order valence-corrected chi connectivity index (χ1v) is 10.3. The number of amides is 1. The monoisotopic (exact) mass is 374 g/mol. The molecule has 2 aliphatic rings. The first-order valence-electron chi connectivity index (χ1n) is 8.86. The van der Waals surface area contributed by atoms with Gasteiger partial charge in [0.2, 0.25) is 15.9 Å². The average Bonchev–Trinajstić information content (AvgIpc) is 3.17. The van der Waals surface area contributed by atoms with Gasteiger partial charge in [-0.1, -0.05) is 18.2 Å². The van der Waals surface area contributed by atoms with Crippen LogP contribution in [0.25, 0.3) is 0 Å². The maximum atomic E-state index is 12.8. The topological polar surface area (TPSA) is 75.5 Å². The van der Waals surface area contributed by atoms with Crippen molar-refractivity contribution in [2.45, 2.75) is 31.2 Å². The minimum Gasteiger partial charge on any atom is -0.311 e. The van der Waals surface area contributed by atoms with E-state index in [1.807, 2.05) is 37.3 Å². The molecule has 2 aromatic rings. The largest absolute Gasteiger partial charge is 0.311 e. The van der Waals surface area contributed by atoms with Gasteiger partial charge in [0.15, 0.2) is 0 Å². The van der Waals surface area contributed by atoms with Crippen LogP contribution in [-0.2, 0) is 21.4 Å². The van der Waals surface area contributed by atoms with Crippen LogP contribution < -0.4 is 4.90 Å². The van der Waals surface area contributed by atoms with Crippen molar-refractivity contribution in [3.63, 3.8) is 0 Å². The molecular formula is C18H22N4O3S. The van der Waals surface area contributed by atoms with Crippen molar-refractivity contribution in [1.82, 2.24) is 14.1 Å². The van der Waals surface area contributed by atoms with Crippen molar-refractivity contribution in [1.29, 1.82) is 0 Å². The maximum Gasteiger partial charge on any atom is 0.246 e. The first-order chi connectivity index (χ1) is 12.5. The Balaban J connectivity index is 1.44. The molecule has 2 saturated heterocycles. The van der Waals surface area contributed by atoms with Crippen LogP contribution in [0.2, 0.25) is 0 Å². The van der Waals surface area contributed by atoms with Crippen LogP contribution in [-0.4, -0.2) is 48.0 Å². The Morgan fingerprint density at radius 3 is 2.42 bits per heavy atom. The quantitative estimate of drug-likeness (QED) is 0.764. The van der Waals surface area contributed by atoms with Gasteiger partial charge in [0.1, 0.15) is 4.90 Å². The summed E-state index contributed by atoms with van der Waals surface area (Å²) in [4.78, 5) is 14.8. The number of para-hydroxylation sites is 1. The van der Waals surface area contributed by atoms with E-state index < -0.39 is 15.4 Å².